The molecule has 0 atom stereocenters. The number of ether oxygens (including phenoxy) is 1. The Morgan fingerprint density at radius 1 is 1.25 bits per heavy atom. The van der Waals surface area contributed by atoms with Crippen LogP contribution in [0.5, 0.6) is 5.75 Å². The average molecular weight is 381 g/mol. The van der Waals surface area contributed by atoms with Crippen molar-refractivity contribution in [2.75, 3.05) is 6.61 Å². The van der Waals surface area contributed by atoms with E-state index in [4.69, 9.17) is 9.15 Å². The van der Waals surface area contributed by atoms with Gasteiger partial charge in [-0.2, -0.15) is 0 Å². The lowest BCUT2D eigenvalue weighted by Gasteiger charge is -2.31. The number of ketones is 1. The van der Waals surface area contributed by atoms with Gasteiger partial charge >= 0.3 is 0 Å². The van der Waals surface area contributed by atoms with E-state index in [1.807, 2.05) is 0 Å². The van der Waals surface area contributed by atoms with Gasteiger partial charge in [0.15, 0.2) is 5.78 Å². The molecule has 1 aliphatic carbocycles. The summed E-state index contributed by atoms with van der Waals surface area (Å²) < 4.78 is 11.6. The number of nitrogens with zero attached hydrogens (tertiary/aromatic N) is 1. The molecule has 0 fully saturated rings. The first-order chi connectivity index (χ1) is 13.2. The van der Waals surface area contributed by atoms with Crippen molar-refractivity contribution < 1.29 is 18.7 Å². The molecule has 0 aliphatic heterocycles. The standard InChI is InChI=1S/C22H23NO5/c1-13-5-6-16(22(3,4)10-13)12-27-18-8-7-17-15(9-19(25)23-26)11-28-21(17)20(18)14(2)24/h5-8,11H,9-10,12H2,1-4H3. The van der Waals surface area contributed by atoms with Gasteiger partial charge < -0.3 is 9.15 Å². The summed E-state index contributed by atoms with van der Waals surface area (Å²) in [6, 6.07) is 3.44. The van der Waals surface area contributed by atoms with Gasteiger partial charge in [-0.1, -0.05) is 31.6 Å². The molecule has 0 saturated heterocycles. The highest BCUT2D eigenvalue weighted by Gasteiger charge is 2.27. The molecule has 28 heavy (non-hydrogen) atoms. The van der Waals surface area contributed by atoms with Crippen LogP contribution in [0, 0.1) is 10.3 Å². The number of hydrogen-bond donors (Lipinski definition) is 0. The van der Waals surface area contributed by atoms with Gasteiger partial charge in [0.25, 0.3) is 5.91 Å². The second-order valence-corrected chi connectivity index (χ2v) is 7.85. The van der Waals surface area contributed by atoms with Crippen LogP contribution in [0.15, 0.2) is 51.3 Å². The monoisotopic (exact) mass is 381 g/mol. The van der Waals surface area contributed by atoms with Crippen molar-refractivity contribution in [2.45, 2.75) is 40.5 Å². The summed E-state index contributed by atoms with van der Waals surface area (Å²) in [4.78, 5) is 34.0. The predicted molar refractivity (Wildman–Crippen MR) is 106 cm³/mol. The second-order valence-electron chi connectivity index (χ2n) is 7.85. The summed E-state index contributed by atoms with van der Waals surface area (Å²) in [6.07, 6.45) is 6.34. The molecule has 146 valence electrons. The van der Waals surface area contributed by atoms with E-state index in [1.165, 1.54) is 18.8 Å². The minimum Gasteiger partial charge on any atom is -0.488 e. The number of fused-ring (bicyclic) bond motifs is 1. The van der Waals surface area contributed by atoms with Crippen LogP contribution in [0.1, 0.15) is 50.0 Å². The smallest absolute Gasteiger partial charge is 0.290 e. The molecule has 1 amide bonds. The Labute approximate surface area is 163 Å². The number of hydrogen-bond acceptors (Lipinski definition) is 5. The first-order valence-corrected chi connectivity index (χ1v) is 9.12. The summed E-state index contributed by atoms with van der Waals surface area (Å²) in [5.74, 6) is -0.556. The molecule has 1 aliphatic rings. The highest BCUT2D eigenvalue weighted by Crippen LogP contribution is 2.38. The van der Waals surface area contributed by atoms with Gasteiger partial charge in [0.1, 0.15) is 23.5 Å². The number of furan rings is 1. The van der Waals surface area contributed by atoms with Crippen molar-refractivity contribution in [3.05, 3.63) is 57.7 Å². The average Bonchev–Trinajstić information content (AvgIpc) is 3.02. The maximum Gasteiger partial charge on any atom is 0.290 e. The van der Waals surface area contributed by atoms with E-state index in [1.54, 1.807) is 12.1 Å². The van der Waals surface area contributed by atoms with E-state index >= 15 is 0 Å². The molecule has 1 aromatic heterocycles. The molecule has 0 unspecified atom stereocenters. The lowest BCUT2D eigenvalue weighted by Crippen LogP contribution is -2.22. The fraction of sp³-hybridized carbons (Fsp3) is 0.364. The van der Waals surface area contributed by atoms with E-state index in [-0.39, 0.29) is 17.6 Å². The molecule has 6 heteroatoms. The lowest BCUT2D eigenvalue weighted by molar-refractivity contribution is -0.117. The highest BCUT2D eigenvalue weighted by molar-refractivity contribution is 6.08. The third kappa shape index (κ3) is 3.81. The number of benzene rings is 1. The molecule has 2 aromatic rings. The molecule has 1 heterocycles. The fourth-order valence-corrected chi connectivity index (χ4v) is 3.66. The Hall–Kier alpha value is -3.02. The van der Waals surface area contributed by atoms with Crippen LogP contribution in [0.3, 0.4) is 0 Å². The van der Waals surface area contributed by atoms with E-state index in [0.717, 1.165) is 12.0 Å². The van der Waals surface area contributed by atoms with Crippen molar-refractivity contribution in [1.82, 2.24) is 0 Å². The van der Waals surface area contributed by atoms with Crippen molar-refractivity contribution >= 4 is 22.7 Å². The maximum atomic E-state index is 12.3. The summed E-state index contributed by atoms with van der Waals surface area (Å²) >= 11 is 0. The summed E-state index contributed by atoms with van der Waals surface area (Å²) in [6.45, 7) is 8.26. The fourth-order valence-electron chi connectivity index (χ4n) is 3.66. The molecule has 0 bridgehead atoms. The normalized spacial score (nSPS) is 15.7. The van der Waals surface area contributed by atoms with E-state index < -0.39 is 5.91 Å². The van der Waals surface area contributed by atoms with Gasteiger partial charge in [-0.25, -0.2) is 0 Å². The Bertz CT molecular complexity index is 1020. The Morgan fingerprint density at radius 2 is 2.00 bits per heavy atom. The van der Waals surface area contributed by atoms with Gasteiger partial charge in [-0.05, 0) is 43.4 Å². The number of nitroso groups, excluding NO2 is 1. The zero-order valence-corrected chi connectivity index (χ0v) is 16.5. The largest absolute Gasteiger partial charge is 0.488 e. The van der Waals surface area contributed by atoms with E-state index in [9.17, 15) is 14.5 Å². The molecule has 0 radical (unpaired) electrons. The molecular weight excluding hydrogens is 358 g/mol. The second kappa shape index (κ2) is 7.54. The quantitative estimate of drug-likeness (QED) is 0.510. The SMILES string of the molecule is CC(=O)c1c(OCC2=CC=C(C)CC2(C)C)ccc2c(CC(=O)N=O)coc12. The summed E-state index contributed by atoms with van der Waals surface area (Å²) in [5.41, 5.74) is 3.66. The molecule has 0 saturated carbocycles. The molecule has 3 rings (SSSR count). The predicted octanol–water partition coefficient (Wildman–Crippen LogP) is 5.15. The van der Waals surface area contributed by atoms with Gasteiger partial charge in [0.05, 0.1) is 12.7 Å². The minimum atomic E-state index is -0.790. The van der Waals surface area contributed by atoms with Crippen LogP contribution >= 0.6 is 0 Å². The van der Waals surface area contributed by atoms with Crippen LogP contribution in [0.4, 0.5) is 0 Å². The van der Waals surface area contributed by atoms with Crippen molar-refractivity contribution in [3.8, 4) is 5.75 Å². The number of Topliss-reactive ketones (excluding diaryl/α,β-unsaturated/α-hetero) is 1. The number of amides is 1. The molecular formula is C22H23NO5. The third-order valence-corrected chi connectivity index (χ3v) is 5.12. The topological polar surface area (TPSA) is 85.9 Å². The zero-order valence-electron chi connectivity index (χ0n) is 16.5. The first kappa shape index (κ1) is 19.7. The van der Waals surface area contributed by atoms with E-state index in [2.05, 4.69) is 38.1 Å². The van der Waals surface area contributed by atoms with Gasteiger partial charge in [0.2, 0.25) is 0 Å². The van der Waals surface area contributed by atoms with Crippen LogP contribution in [0.25, 0.3) is 11.0 Å². The maximum absolute atomic E-state index is 12.3. The molecule has 0 N–H and O–H groups in total. The lowest BCUT2D eigenvalue weighted by atomic mass is 9.76. The van der Waals surface area contributed by atoms with Crippen molar-refractivity contribution in [3.63, 3.8) is 0 Å². The first-order valence-electron chi connectivity index (χ1n) is 9.12. The molecule has 6 nitrogen and oxygen atoms in total. The Kier molecular flexibility index (Phi) is 5.31. The van der Waals surface area contributed by atoms with Gasteiger partial charge in [0, 0.05) is 16.1 Å². The number of allylic oxidation sites excluding steroid dienone is 3. The Balaban J connectivity index is 1.94. The number of rotatable bonds is 6. The Morgan fingerprint density at radius 3 is 2.64 bits per heavy atom. The van der Waals surface area contributed by atoms with Crippen molar-refractivity contribution in [1.29, 1.82) is 0 Å². The third-order valence-electron chi connectivity index (χ3n) is 5.12. The zero-order chi connectivity index (χ0) is 20.5. The van der Waals surface area contributed by atoms with Crippen molar-refractivity contribution in [2.24, 2.45) is 10.6 Å². The van der Waals surface area contributed by atoms with Gasteiger partial charge in [-0.3, -0.25) is 9.59 Å². The molecule has 0 spiro atoms. The van der Waals surface area contributed by atoms with Crippen LogP contribution in [-0.2, 0) is 11.2 Å². The van der Waals surface area contributed by atoms with Crippen LogP contribution < -0.4 is 4.74 Å². The van der Waals surface area contributed by atoms with Gasteiger partial charge in [-0.15, -0.1) is 4.91 Å². The summed E-state index contributed by atoms with van der Waals surface area (Å²) in [7, 11) is 0. The van der Waals surface area contributed by atoms with E-state index in [0.29, 0.717) is 34.5 Å². The molecule has 1 aromatic carbocycles. The number of carbonyl (C=O) groups excluding carboxylic acids is 2. The van der Waals surface area contributed by atoms with Crippen LogP contribution in [-0.4, -0.2) is 18.3 Å². The van der Waals surface area contributed by atoms with Crippen LogP contribution in [0.2, 0.25) is 0 Å². The summed E-state index contributed by atoms with van der Waals surface area (Å²) in [5, 5.41) is 3.01. The highest BCUT2D eigenvalue weighted by atomic mass is 16.5. The number of carbonyl (C=O) groups is 2. The minimum absolute atomic E-state index is 0.0145.